The second kappa shape index (κ2) is 7.43. The summed E-state index contributed by atoms with van der Waals surface area (Å²) in [6, 6.07) is 6.00. The molecule has 0 unspecified atom stereocenters. The molecule has 1 aromatic carbocycles. The second-order valence-corrected chi connectivity index (χ2v) is 6.83. The Bertz CT molecular complexity index is 430. The molecule has 4 heteroatoms. The summed E-state index contributed by atoms with van der Waals surface area (Å²) in [6.45, 7) is 8.79. The summed E-state index contributed by atoms with van der Waals surface area (Å²) in [6.07, 6.45) is 2.34. The van der Waals surface area contributed by atoms with E-state index in [1.807, 2.05) is 12.1 Å². The molecule has 20 heavy (non-hydrogen) atoms. The summed E-state index contributed by atoms with van der Waals surface area (Å²) in [5, 5.41) is 13.2. The smallest absolute Gasteiger partial charge is 0.115 e. The average molecular weight is 341 g/mol. The van der Waals surface area contributed by atoms with E-state index in [1.165, 1.54) is 12.0 Å². The van der Waals surface area contributed by atoms with Crippen molar-refractivity contribution in [3.8, 4) is 5.75 Å². The van der Waals surface area contributed by atoms with Crippen LogP contribution >= 0.6 is 15.9 Å². The van der Waals surface area contributed by atoms with E-state index < -0.39 is 0 Å². The molecule has 3 nitrogen and oxygen atoms in total. The Morgan fingerprint density at radius 1 is 1.25 bits per heavy atom. The number of hydrogen-bond acceptors (Lipinski definition) is 3. The number of aromatic hydroxyl groups is 1. The van der Waals surface area contributed by atoms with Crippen LogP contribution < -0.4 is 5.32 Å². The summed E-state index contributed by atoms with van der Waals surface area (Å²) < 4.78 is 1.10. The predicted molar refractivity (Wildman–Crippen MR) is 87.1 cm³/mol. The minimum Gasteiger partial charge on any atom is -0.508 e. The molecule has 112 valence electrons. The van der Waals surface area contributed by atoms with Crippen molar-refractivity contribution >= 4 is 15.9 Å². The van der Waals surface area contributed by atoms with Crippen molar-refractivity contribution in [1.29, 1.82) is 0 Å². The Balaban J connectivity index is 2.21. The fourth-order valence-corrected chi connectivity index (χ4v) is 3.32. The average Bonchev–Trinajstić information content (AvgIpc) is 2.43. The highest BCUT2D eigenvalue weighted by Gasteiger charge is 2.24. The summed E-state index contributed by atoms with van der Waals surface area (Å²) in [7, 11) is 0. The zero-order chi connectivity index (χ0) is 14.5. The number of piperazine rings is 1. The molecular formula is C16H25BrN2O. The molecule has 0 spiro atoms. The molecule has 2 N–H and O–H groups in total. The third-order valence-electron chi connectivity index (χ3n) is 3.95. The van der Waals surface area contributed by atoms with E-state index in [1.54, 1.807) is 6.07 Å². The molecule has 1 fully saturated rings. The lowest BCUT2D eigenvalue weighted by molar-refractivity contribution is 0.159. The van der Waals surface area contributed by atoms with Gasteiger partial charge in [-0.15, -0.1) is 0 Å². The van der Waals surface area contributed by atoms with E-state index >= 15 is 0 Å². The van der Waals surface area contributed by atoms with Gasteiger partial charge >= 0.3 is 0 Å². The lowest BCUT2D eigenvalue weighted by Crippen LogP contribution is -2.45. The highest BCUT2D eigenvalue weighted by atomic mass is 79.9. The first-order valence-electron chi connectivity index (χ1n) is 7.51. The van der Waals surface area contributed by atoms with Gasteiger partial charge in [0.2, 0.25) is 0 Å². The van der Waals surface area contributed by atoms with Gasteiger partial charge < -0.3 is 10.4 Å². The van der Waals surface area contributed by atoms with Gasteiger partial charge in [0.15, 0.2) is 0 Å². The first kappa shape index (κ1) is 15.8. The van der Waals surface area contributed by atoms with Crippen molar-refractivity contribution in [3.63, 3.8) is 0 Å². The first-order valence-corrected chi connectivity index (χ1v) is 8.30. The first-order chi connectivity index (χ1) is 9.58. The molecule has 0 amide bonds. The van der Waals surface area contributed by atoms with Gasteiger partial charge in [-0.2, -0.15) is 0 Å². The minimum absolute atomic E-state index is 0.355. The SMILES string of the molecule is CC(C)CC[C@@H](c1cc(O)ccc1Br)N1CCNCC1. The van der Waals surface area contributed by atoms with Gasteiger partial charge in [-0.05, 0) is 42.5 Å². The quantitative estimate of drug-likeness (QED) is 0.860. The Morgan fingerprint density at radius 2 is 1.95 bits per heavy atom. The van der Waals surface area contributed by atoms with Gasteiger partial charge in [0, 0.05) is 36.7 Å². The van der Waals surface area contributed by atoms with Crippen molar-refractivity contribution in [1.82, 2.24) is 10.2 Å². The Kier molecular flexibility index (Phi) is 5.87. The number of benzene rings is 1. The third kappa shape index (κ3) is 4.21. The molecule has 0 radical (unpaired) electrons. The zero-order valence-electron chi connectivity index (χ0n) is 12.4. The monoisotopic (exact) mass is 340 g/mol. The molecule has 1 aliphatic heterocycles. The molecule has 1 heterocycles. The number of nitrogens with zero attached hydrogens (tertiary/aromatic N) is 1. The van der Waals surface area contributed by atoms with Crippen LogP contribution in [0.25, 0.3) is 0 Å². The highest BCUT2D eigenvalue weighted by Crippen LogP contribution is 2.34. The molecule has 0 bridgehead atoms. The second-order valence-electron chi connectivity index (χ2n) is 5.98. The van der Waals surface area contributed by atoms with Crippen molar-refractivity contribution in [3.05, 3.63) is 28.2 Å². The lowest BCUT2D eigenvalue weighted by Gasteiger charge is -2.36. The van der Waals surface area contributed by atoms with Crippen LogP contribution in [0.5, 0.6) is 5.75 Å². The molecule has 2 rings (SSSR count). The van der Waals surface area contributed by atoms with Gasteiger partial charge in [0.25, 0.3) is 0 Å². The van der Waals surface area contributed by atoms with E-state index in [2.05, 4.69) is 40.0 Å². The number of halogens is 1. The van der Waals surface area contributed by atoms with Gasteiger partial charge in [-0.1, -0.05) is 29.8 Å². The summed E-state index contributed by atoms with van der Waals surface area (Å²) in [4.78, 5) is 2.54. The zero-order valence-corrected chi connectivity index (χ0v) is 14.0. The molecular weight excluding hydrogens is 316 g/mol. The van der Waals surface area contributed by atoms with Crippen LogP contribution in [-0.2, 0) is 0 Å². The van der Waals surface area contributed by atoms with Crippen LogP contribution in [0.1, 0.15) is 38.3 Å². The molecule has 1 saturated heterocycles. The standard InChI is InChI=1S/C16H25BrN2O/c1-12(2)3-6-16(19-9-7-18-8-10-19)14-11-13(20)4-5-15(14)17/h4-5,11-12,16,18,20H,3,6-10H2,1-2H3/t16-/m0/s1. The van der Waals surface area contributed by atoms with E-state index in [9.17, 15) is 5.11 Å². The maximum atomic E-state index is 9.81. The maximum absolute atomic E-state index is 9.81. The topological polar surface area (TPSA) is 35.5 Å². The molecule has 1 aromatic rings. The van der Waals surface area contributed by atoms with Crippen LogP contribution in [0.4, 0.5) is 0 Å². The summed E-state index contributed by atoms with van der Waals surface area (Å²) in [5.74, 6) is 1.06. The van der Waals surface area contributed by atoms with Crippen molar-refractivity contribution in [2.75, 3.05) is 26.2 Å². The van der Waals surface area contributed by atoms with E-state index in [-0.39, 0.29) is 0 Å². The minimum atomic E-state index is 0.355. The number of phenols is 1. The van der Waals surface area contributed by atoms with Gasteiger partial charge in [0.1, 0.15) is 5.75 Å². The van der Waals surface area contributed by atoms with Crippen LogP contribution in [0, 0.1) is 5.92 Å². The maximum Gasteiger partial charge on any atom is 0.115 e. The van der Waals surface area contributed by atoms with Gasteiger partial charge in [-0.25, -0.2) is 0 Å². The van der Waals surface area contributed by atoms with Crippen LogP contribution in [-0.4, -0.2) is 36.2 Å². The summed E-state index contributed by atoms with van der Waals surface area (Å²) >= 11 is 3.65. The van der Waals surface area contributed by atoms with E-state index in [4.69, 9.17) is 0 Å². The molecule has 0 aromatic heterocycles. The van der Waals surface area contributed by atoms with E-state index in [0.717, 1.165) is 37.1 Å². The number of nitrogens with one attached hydrogen (secondary N) is 1. The summed E-state index contributed by atoms with van der Waals surface area (Å²) in [5.41, 5.74) is 1.22. The number of rotatable bonds is 5. The fourth-order valence-electron chi connectivity index (χ4n) is 2.81. The Morgan fingerprint density at radius 3 is 2.60 bits per heavy atom. The normalized spacial score (nSPS) is 18.4. The Labute approximate surface area is 130 Å². The third-order valence-corrected chi connectivity index (χ3v) is 4.67. The van der Waals surface area contributed by atoms with Crippen molar-refractivity contribution in [2.24, 2.45) is 5.92 Å². The fraction of sp³-hybridized carbons (Fsp3) is 0.625. The molecule has 0 aliphatic carbocycles. The van der Waals surface area contributed by atoms with Crippen molar-refractivity contribution < 1.29 is 5.11 Å². The van der Waals surface area contributed by atoms with Crippen LogP contribution in [0.2, 0.25) is 0 Å². The molecule has 0 saturated carbocycles. The molecule has 1 aliphatic rings. The van der Waals surface area contributed by atoms with E-state index in [0.29, 0.717) is 17.7 Å². The lowest BCUT2D eigenvalue weighted by atomic mass is 9.95. The largest absolute Gasteiger partial charge is 0.508 e. The van der Waals surface area contributed by atoms with Crippen LogP contribution in [0.15, 0.2) is 22.7 Å². The number of hydrogen-bond donors (Lipinski definition) is 2. The van der Waals surface area contributed by atoms with Crippen molar-refractivity contribution in [2.45, 2.75) is 32.7 Å². The molecule has 1 atom stereocenters. The van der Waals surface area contributed by atoms with Crippen LogP contribution in [0.3, 0.4) is 0 Å². The predicted octanol–water partition coefficient (Wildman–Crippen LogP) is 3.54. The van der Waals surface area contributed by atoms with Gasteiger partial charge in [-0.3, -0.25) is 4.90 Å². The Hall–Kier alpha value is -0.580. The number of phenolic OH excluding ortho intramolecular Hbond substituents is 1. The van der Waals surface area contributed by atoms with Gasteiger partial charge in [0.05, 0.1) is 0 Å². The highest BCUT2D eigenvalue weighted by molar-refractivity contribution is 9.10.